The van der Waals surface area contributed by atoms with Crippen LogP contribution in [0.4, 0.5) is 20.2 Å². The van der Waals surface area contributed by atoms with Gasteiger partial charge in [-0.3, -0.25) is 15.1 Å². The van der Waals surface area contributed by atoms with E-state index >= 15 is 4.39 Å². The van der Waals surface area contributed by atoms with Gasteiger partial charge in [-0.2, -0.15) is 5.10 Å². The minimum atomic E-state index is -0.710. The van der Waals surface area contributed by atoms with Crippen LogP contribution in [0, 0.1) is 17.6 Å². The van der Waals surface area contributed by atoms with Crippen molar-refractivity contribution < 1.29 is 13.9 Å². The van der Waals surface area contributed by atoms with Crippen LogP contribution < -0.4 is 10.6 Å². The number of benzene rings is 1. The molecule has 1 aliphatic rings. The predicted octanol–water partition coefficient (Wildman–Crippen LogP) is 6.19. The lowest BCUT2D eigenvalue weighted by atomic mass is 9.88. The first-order valence-corrected chi connectivity index (χ1v) is 15.8. The number of likely N-dealkylation sites (N-methyl/N-ethyl adjacent to an activating group) is 1. The Hall–Kier alpha value is -5.01. The molecule has 1 fully saturated rings. The van der Waals surface area contributed by atoms with Gasteiger partial charge in [0.2, 0.25) is 0 Å². The van der Waals surface area contributed by atoms with Gasteiger partial charge in [-0.15, -0.1) is 0 Å². The first-order chi connectivity index (χ1) is 22.8. The number of halogens is 2. The third kappa shape index (κ3) is 6.36. The summed E-state index contributed by atoms with van der Waals surface area (Å²) in [5, 5.41) is 24.6. The first-order valence-electron chi connectivity index (χ1n) is 15.8. The van der Waals surface area contributed by atoms with Crippen LogP contribution in [-0.4, -0.2) is 78.5 Å². The minimum absolute atomic E-state index is 0.0902. The number of rotatable bonds is 10. The zero-order chi connectivity index (χ0) is 32.5. The van der Waals surface area contributed by atoms with Crippen molar-refractivity contribution in [2.24, 2.45) is 5.92 Å². The van der Waals surface area contributed by atoms with Crippen LogP contribution in [0.15, 0.2) is 55.1 Å². The van der Waals surface area contributed by atoms with Crippen LogP contribution in [0.5, 0.6) is 0 Å². The van der Waals surface area contributed by atoms with E-state index < -0.39 is 12.0 Å². The summed E-state index contributed by atoms with van der Waals surface area (Å²) in [6.45, 7) is 1.45. The van der Waals surface area contributed by atoms with E-state index in [0.717, 1.165) is 32.2 Å². The van der Waals surface area contributed by atoms with E-state index in [2.05, 4.69) is 45.8 Å². The van der Waals surface area contributed by atoms with Gasteiger partial charge in [0.15, 0.2) is 17.3 Å². The fourth-order valence-electron chi connectivity index (χ4n) is 6.27. The van der Waals surface area contributed by atoms with Gasteiger partial charge < -0.3 is 25.6 Å². The number of aliphatic hydroxyl groups excluding tert-OH is 1. The van der Waals surface area contributed by atoms with Gasteiger partial charge in [0.05, 0.1) is 34.5 Å². The Labute approximate surface area is 269 Å². The molecule has 0 amide bonds. The van der Waals surface area contributed by atoms with E-state index in [4.69, 9.17) is 0 Å². The number of aromatic amines is 2. The Morgan fingerprint density at radius 3 is 2.64 bits per heavy atom. The lowest BCUT2D eigenvalue weighted by Crippen LogP contribution is -2.30. The molecule has 1 unspecified atom stereocenters. The highest BCUT2D eigenvalue weighted by molar-refractivity contribution is 5.97. The van der Waals surface area contributed by atoms with Crippen molar-refractivity contribution in [2.75, 3.05) is 37.8 Å². The summed E-state index contributed by atoms with van der Waals surface area (Å²) in [6, 6.07) is 8.31. The molecule has 47 heavy (non-hydrogen) atoms. The van der Waals surface area contributed by atoms with Gasteiger partial charge in [0.25, 0.3) is 0 Å². The van der Waals surface area contributed by atoms with Crippen molar-refractivity contribution >= 4 is 33.4 Å². The summed E-state index contributed by atoms with van der Waals surface area (Å²) in [5.74, 6) is -0.506. The Morgan fingerprint density at radius 1 is 0.979 bits per heavy atom. The maximum atomic E-state index is 16.3. The monoisotopic (exact) mass is 638 g/mol. The van der Waals surface area contributed by atoms with Crippen LogP contribution in [0.3, 0.4) is 0 Å². The molecule has 1 aromatic carbocycles. The van der Waals surface area contributed by atoms with E-state index in [1.54, 1.807) is 24.5 Å². The molecule has 6 aromatic rings. The zero-order valence-corrected chi connectivity index (χ0v) is 26.2. The highest BCUT2D eigenvalue weighted by Crippen LogP contribution is 2.35. The smallest absolute Gasteiger partial charge is 0.178 e. The molecule has 0 spiro atoms. The molecule has 0 radical (unpaired) electrons. The second kappa shape index (κ2) is 13.0. The fraction of sp³-hybridized carbons (Fsp3) is 0.324. The molecule has 7 rings (SSSR count). The van der Waals surface area contributed by atoms with Gasteiger partial charge >= 0.3 is 0 Å². The molecule has 0 saturated heterocycles. The molecular weight excluding hydrogens is 602 g/mol. The highest BCUT2D eigenvalue weighted by atomic mass is 19.1. The van der Waals surface area contributed by atoms with Crippen LogP contribution in [0.2, 0.25) is 0 Å². The molecular formula is C34H36F2N10O. The van der Waals surface area contributed by atoms with E-state index in [1.165, 1.54) is 30.9 Å². The van der Waals surface area contributed by atoms with E-state index in [-0.39, 0.29) is 28.5 Å². The number of hydrogen-bond donors (Lipinski definition) is 5. The molecule has 1 saturated carbocycles. The van der Waals surface area contributed by atoms with E-state index in [1.807, 2.05) is 25.1 Å². The van der Waals surface area contributed by atoms with E-state index in [9.17, 15) is 9.50 Å². The molecule has 13 heteroatoms. The van der Waals surface area contributed by atoms with Gasteiger partial charge in [-0.1, -0.05) is 19.3 Å². The van der Waals surface area contributed by atoms with Crippen LogP contribution in [0.25, 0.3) is 56.0 Å². The third-order valence-electron chi connectivity index (χ3n) is 8.68. The normalized spacial score (nSPS) is 14.7. The van der Waals surface area contributed by atoms with Crippen LogP contribution >= 0.6 is 0 Å². The summed E-state index contributed by atoms with van der Waals surface area (Å²) in [7, 11) is 3.96. The lowest BCUT2D eigenvalue weighted by molar-refractivity contribution is 0.109. The summed E-state index contributed by atoms with van der Waals surface area (Å²) >= 11 is 0. The van der Waals surface area contributed by atoms with Crippen molar-refractivity contribution in [1.82, 2.24) is 40.0 Å². The molecule has 5 heterocycles. The SMILES string of the molecule is CN(C)CCNc1cc(F)cc(-c2ccnc3nc(-c4n[nH]c5cnc(-c6cncc(NC(O)C7CCCCC7)c6)c(F)c45)[nH]c23)c1. The maximum absolute atomic E-state index is 16.3. The van der Waals surface area contributed by atoms with Crippen molar-refractivity contribution in [3.05, 3.63) is 66.8 Å². The second-order valence-electron chi connectivity index (χ2n) is 12.3. The largest absolute Gasteiger partial charge is 0.384 e. The number of imidazole rings is 1. The first kappa shape index (κ1) is 30.6. The zero-order valence-electron chi connectivity index (χ0n) is 26.2. The Kier molecular flexibility index (Phi) is 8.48. The van der Waals surface area contributed by atoms with Crippen molar-refractivity contribution in [3.8, 4) is 33.9 Å². The van der Waals surface area contributed by atoms with Crippen molar-refractivity contribution in [2.45, 2.75) is 38.3 Å². The summed E-state index contributed by atoms with van der Waals surface area (Å²) in [4.78, 5) is 23.0. The Balaban J connectivity index is 1.22. The number of aliphatic hydroxyl groups is 1. The second-order valence-corrected chi connectivity index (χ2v) is 12.3. The maximum Gasteiger partial charge on any atom is 0.178 e. The van der Waals surface area contributed by atoms with E-state index in [0.29, 0.717) is 57.1 Å². The highest BCUT2D eigenvalue weighted by Gasteiger charge is 2.24. The van der Waals surface area contributed by atoms with Crippen molar-refractivity contribution in [1.29, 1.82) is 0 Å². The molecule has 5 N–H and O–H groups in total. The third-order valence-corrected chi connectivity index (χ3v) is 8.68. The number of nitrogens with one attached hydrogen (secondary N) is 4. The van der Waals surface area contributed by atoms with Crippen LogP contribution in [0.1, 0.15) is 32.1 Å². The van der Waals surface area contributed by atoms with Gasteiger partial charge in [0, 0.05) is 48.2 Å². The quantitative estimate of drug-likeness (QED) is 0.111. The molecule has 11 nitrogen and oxygen atoms in total. The Bertz CT molecular complexity index is 2040. The number of pyridine rings is 3. The van der Waals surface area contributed by atoms with Crippen LogP contribution in [-0.2, 0) is 0 Å². The topological polar surface area (TPSA) is 144 Å². The molecule has 0 bridgehead atoms. The summed E-state index contributed by atoms with van der Waals surface area (Å²) < 4.78 is 31.1. The van der Waals surface area contributed by atoms with Crippen molar-refractivity contribution in [3.63, 3.8) is 0 Å². The van der Waals surface area contributed by atoms with Gasteiger partial charge in [-0.25, -0.2) is 18.7 Å². The number of hydrogen-bond acceptors (Lipinski definition) is 9. The number of H-pyrrole nitrogens is 2. The predicted molar refractivity (Wildman–Crippen MR) is 179 cm³/mol. The minimum Gasteiger partial charge on any atom is -0.384 e. The fourth-order valence-corrected chi connectivity index (χ4v) is 6.27. The average molecular weight is 639 g/mol. The number of nitrogens with zero attached hydrogens (tertiary/aromatic N) is 6. The molecule has 0 aliphatic heterocycles. The molecule has 1 atom stereocenters. The Morgan fingerprint density at radius 2 is 1.81 bits per heavy atom. The molecule has 5 aromatic heterocycles. The summed E-state index contributed by atoms with van der Waals surface area (Å²) in [5.41, 5.74) is 4.71. The number of aromatic nitrogens is 7. The number of fused-ring (bicyclic) bond motifs is 2. The van der Waals surface area contributed by atoms with Gasteiger partial charge in [-0.05, 0) is 62.8 Å². The lowest BCUT2D eigenvalue weighted by Gasteiger charge is -2.27. The molecule has 1 aliphatic carbocycles. The number of anilines is 2. The standard InChI is InChI=1S/C34H36F2N10O/c1-46(2)11-10-38-23-13-20(12-22(35)15-23)25-8-9-39-32-30(25)42-33(43-32)31-27-26(44-45-31)18-40-29(28(27)36)21-14-24(17-37-16-21)41-34(47)19-6-4-3-5-7-19/h8-9,12-19,34,38,41,47H,3-7,10-11H2,1-2H3,(H,44,45)(H,39,42,43). The average Bonchev–Trinajstić information content (AvgIpc) is 3.70. The molecule has 242 valence electrons. The summed E-state index contributed by atoms with van der Waals surface area (Å²) in [6.07, 6.45) is 10.9. The van der Waals surface area contributed by atoms with Gasteiger partial charge in [0.1, 0.15) is 23.4 Å².